The molecule has 0 aliphatic carbocycles. The smallest absolute Gasteiger partial charge is 0.278 e. The van der Waals surface area contributed by atoms with Gasteiger partial charge >= 0.3 is 0 Å². The van der Waals surface area contributed by atoms with Gasteiger partial charge in [-0.3, -0.25) is 9.89 Å². The van der Waals surface area contributed by atoms with Crippen molar-refractivity contribution in [2.45, 2.75) is 6.54 Å². The molecule has 0 aliphatic heterocycles. The molecule has 0 radical (unpaired) electrons. The molecule has 33 heavy (non-hydrogen) atoms. The number of hydrogen-bond acceptors (Lipinski definition) is 5. The first-order valence-electron chi connectivity index (χ1n) is 10.3. The number of aromatic amines is 1. The number of hydrogen-bond donors (Lipinski definition) is 2. The molecule has 0 bridgehead atoms. The minimum absolute atomic E-state index is 0.261. The Bertz CT molecular complexity index is 1410. The fourth-order valence-electron chi connectivity index (χ4n) is 3.74. The molecular formula is C24H20ClN7O. The van der Waals surface area contributed by atoms with Crippen molar-refractivity contribution in [2.24, 2.45) is 0 Å². The second-order valence-corrected chi connectivity index (χ2v) is 7.99. The van der Waals surface area contributed by atoms with Gasteiger partial charge < -0.3 is 10.2 Å². The van der Waals surface area contributed by atoms with E-state index < -0.39 is 0 Å². The molecule has 0 saturated carbocycles. The summed E-state index contributed by atoms with van der Waals surface area (Å²) < 4.78 is 1.68. The largest absolute Gasteiger partial charge is 0.365 e. The Hall–Kier alpha value is -4.17. The predicted octanol–water partition coefficient (Wildman–Crippen LogP) is 4.66. The van der Waals surface area contributed by atoms with Crippen LogP contribution >= 0.6 is 11.6 Å². The maximum absolute atomic E-state index is 13.4. The summed E-state index contributed by atoms with van der Waals surface area (Å²) in [6.45, 7) is 0.581. The lowest BCUT2D eigenvalue weighted by molar-refractivity contribution is 0.102. The third kappa shape index (κ3) is 4.16. The van der Waals surface area contributed by atoms with Crippen LogP contribution < -0.4 is 10.2 Å². The maximum atomic E-state index is 13.4. The molecule has 0 aliphatic rings. The summed E-state index contributed by atoms with van der Waals surface area (Å²) in [5, 5.41) is 15.0. The number of rotatable bonds is 6. The standard InChI is InChI=1S/C24H20ClN7O/c1-31(15-16-6-3-2-4-7-16)22-21(24(33)29-19-9-5-8-18(25)12-19)30-32-20(10-11-26-23(22)32)17-13-27-28-14-17/h2-14H,15H2,1H3,(H,27,28)(H,29,33). The number of aromatic nitrogens is 5. The molecule has 0 atom stereocenters. The van der Waals surface area contributed by atoms with E-state index in [0.29, 0.717) is 28.6 Å². The molecular weight excluding hydrogens is 438 g/mol. The molecule has 1 amide bonds. The third-order valence-electron chi connectivity index (χ3n) is 5.23. The zero-order valence-electron chi connectivity index (χ0n) is 17.7. The summed E-state index contributed by atoms with van der Waals surface area (Å²) in [5.41, 5.74) is 4.76. The normalized spacial score (nSPS) is 11.0. The Kier molecular flexibility index (Phi) is 5.50. The summed E-state index contributed by atoms with van der Waals surface area (Å²) in [6, 6.07) is 18.9. The number of amides is 1. The predicted molar refractivity (Wildman–Crippen MR) is 129 cm³/mol. The van der Waals surface area contributed by atoms with E-state index in [0.717, 1.165) is 16.8 Å². The number of nitrogens with one attached hydrogen (secondary N) is 2. The van der Waals surface area contributed by atoms with Crippen molar-refractivity contribution in [3.05, 3.63) is 95.5 Å². The second kappa shape index (κ2) is 8.76. The Morgan fingerprint density at radius 3 is 2.76 bits per heavy atom. The second-order valence-electron chi connectivity index (χ2n) is 7.56. The Morgan fingerprint density at radius 2 is 2.00 bits per heavy atom. The van der Waals surface area contributed by atoms with Crippen molar-refractivity contribution in [3.8, 4) is 11.3 Å². The van der Waals surface area contributed by atoms with Crippen LogP contribution in [0.25, 0.3) is 16.9 Å². The van der Waals surface area contributed by atoms with Gasteiger partial charge in [-0.1, -0.05) is 48.0 Å². The van der Waals surface area contributed by atoms with Crippen LogP contribution in [0, 0.1) is 0 Å². The van der Waals surface area contributed by atoms with E-state index in [9.17, 15) is 4.79 Å². The highest BCUT2D eigenvalue weighted by Gasteiger charge is 2.25. The molecule has 2 aromatic carbocycles. The number of H-pyrrole nitrogens is 1. The van der Waals surface area contributed by atoms with E-state index >= 15 is 0 Å². The van der Waals surface area contributed by atoms with Crippen molar-refractivity contribution < 1.29 is 4.79 Å². The number of anilines is 2. The van der Waals surface area contributed by atoms with E-state index in [-0.39, 0.29) is 11.6 Å². The lowest BCUT2D eigenvalue weighted by Crippen LogP contribution is -2.21. The van der Waals surface area contributed by atoms with Gasteiger partial charge in [0, 0.05) is 42.3 Å². The number of benzene rings is 2. The number of fused-ring (bicyclic) bond motifs is 1. The number of nitrogens with zero attached hydrogens (tertiary/aromatic N) is 5. The molecule has 3 aromatic heterocycles. The highest BCUT2D eigenvalue weighted by atomic mass is 35.5. The van der Waals surface area contributed by atoms with E-state index in [4.69, 9.17) is 11.6 Å². The average molecular weight is 458 g/mol. The van der Waals surface area contributed by atoms with Gasteiger partial charge in [0.15, 0.2) is 11.3 Å². The highest BCUT2D eigenvalue weighted by molar-refractivity contribution is 6.31. The van der Waals surface area contributed by atoms with Crippen LogP contribution in [0.1, 0.15) is 16.1 Å². The van der Waals surface area contributed by atoms with Gasteiger partial charge in [-0.15, -0.1) is 0 Å². The van der Waals surface area contributed by atoms with Crippen LogP contribution in [0.3, 0.4) is 0 Å². The average Bonchev–Trinajstić information content (AvgIpc) is 3.48. The number of halogens is 1. The summed E-state index contributed by atoms with van der Waals surface area (Å²) in [7, 11) is 1.92. The molecule has 8 nitrogen and oxygen atoms in total. The molecule has 0 unspecified atom stereocenters. The van der Waals surface area contributed by atoms with Gasteiger partial charge in [0.25, 0.3) is 5.91 Å². The fourth-order valence-corrected chi connectivity index (χ4v) is 3.93. The van der Waals surface area contributed by atoms with Crippen molar-refractivity contribution in [2.75, 3.05) is 17.3 Å². The highest BCUT2D eigenvalue weighted by Crippen LogP contribution is 2.30. The lowest BCUT2D eigenvalue weighted by Gasteiger charge is -2.19. The van der Waals surface area contributed by atoms with Gasteiger partial charge in [0.2, 0.25) is 0 Å². The summed E-state index contributed by atoms with van der Waals surface area (Å²) in [6.07, 6.45) is 5.18. The Labute approximate surface area is 194 Å². The summed E-state index contributed by atoms with van der Waals surface area (Å²) in [4.78, 5) is 19.9. The van der Waals surface area contributed by atoms with E-state index in [1.165, 1.54) is 0 Å². The van der Waals surface area contributed by atoms with Gasteiger partial charge in [0.1, 0.15) is 5.69 Å². The molecule has 0 saturated heterocycles. The zero-order valence-corrected chi connectivity index (χ0v) is 18.5. The molecule has 5 rings (SSSR count). The first-order chi connectivity index (χ1) is 16.1. The maximum Gasteiger partial charge on any atom is 0.278 e. The molecule has 2 N–H and O–H groups in total. The molecule has 5 aromatic rings. The number of carbonyl (C=O) groups is 1. The summed E-state index contributed by atoms with van der Waals surface area (Å²) in [5.74, 6) is -0.351. The molecule has 0 spiro atoms. The zero-order chi connectivity index (χ0) is 22.8. The molecule has 0 fully saturated rings. The Balaban J connectivity index is 1.62. The van der Waals surface area contributed by atoms with Crippen LogP contribution in [-0.4, -0.2) is 37.8 Å². The van der Waals surface area contributed by atoms with Crippen molar-refractivity contribution in [1.82, 2.24) is 24.8 Å². The van der Waals surface area contributed by atoms with Crippen molar-refractivity contribution >= 4 is 34.5 Å². The molecule has 9 heteroatoms. The van der Waals surface area contributed by atoms with E-state index in [1.54, 1.807) is 47.4 Å². The first-order valence-corrected chi connectivity index (χ1v) is 10.7. The van der Waals surface area contributed by atoms with Gasteiger partial charge in [-0.25, -0.2) is 9.50 Å². The minimum atomic E-state index is -0.351. The van der Waals surface area contributed by atoms with E-state index in [1.807, 2.05) is 48.3 Å². The first kappa shape index (κ1) is 20.7. The number of carbonyl (C=O) groups excluding carboxylic acids is 1. The van der Waals surface area contributed by atoms with Gasteiger partial charge in [-0.2, -0.15) is 10.2 Å². The summed E-state index contributed by atoms with van der Waals surface area (Å²) >= 11 is 6.09. The fraction of sp³-hybridized carbons (Fsp3) is 0.0833. The van der Waals surface area contributed by atoms with Crippen LogP contribution in [0.5, 0.6) is 0 Å². The SMILES string of the molecule is CN(Cc1ccccc1)c1c(C(=O)Nc2cccc(Cl)c2)nn2c(-c3cn[nH]c3)ccnc12. The minimum Gasteiger partial charge on any atom is -0.365 e. The Morgan fingerprint density at radius 1 is 1.15 bits per heavy atom. The monoisotopic (exact) mass is 457 g/mol. The lowest BCUT2D eigenvalue weighted by atomic mass is 10.2. The van der Waals surface area contributed by atoms with Crippen LogP contribution in [0.4, 0.5) is 11.4 Å². The molecule has 164 valence electrons. The van der Waals surface area contributed by atoms with Crippen molar-refractivity contribution in [3.63, 3.8) is 0 Å². The van der Waals surface area contributed by atoms with Crippen molar-refractivity contribution in [1.29, 1.82) is 0 Å². The quantitative estimate of drug-likeness (QED) is 0.387. The van der Waals surface area contributed by atoms with Crippen LogP contribution in [0.15, 0.2) is 79.3 Å². The van der Waals surface area contributed by atoms with Crippen LogP contribution in [0.2, 0.25) is 5.02 Å². The van der Waals surface area contributed by atoms with E-state index in [2.05, 4.69) is 25.6 Å². The topological polar surface area (TPSA) is 91.2 Å². The van der Waals surface area contributed by atoms with Crippen LogP contribution in [-0.2, 0) is 6.54 Å². The third-order valence-corrected chi connectivity index (χ3v) is 5.47. The van der Waals surface area contributed by atoms with Gasteiger partial charge in [0.05, 0.1) is 11.9 Å². The van der Waals surface area contributed by atoms with Gasteiger partial charge in [-0.05, 0) is 29.8 Å². The molecule has 3 heterocycles.